The van der Waals surface area contributed by atoms with E-state index in [-0.39, 0.29) is 29.6 Å². The van der Waals surface area contributed by atoms with Crippen LogP contribution in [0.25, 0.3) is 0 Å². The molecule has 0 fully saturated rings. The molecule has 12 heavy (non-hydrogen) atoms. The van der Waals surface area contributed by atoms with Gasteiger partial charge >= 0.3 is 46.6 Å². The molecule has 1 heterocycles. The van der Waals surface area contributed by atoms with Crippen molar-refractivity contribution in [2.45, 2.75) is 0 Å². The zero-order chi connectivity index (χ0) is 8.59. The van der Waals surface area contributed by atoms with Crippen LogP contribution in [0.4, 0.5) is 0 Å². The van der Waals surface area contributed by atoms with E-state index in [0.29, 0.717) is 7.19 Å². The molecule has 0 saturated carbocycles. The Balaban J connectivity index is 0.00000121. The van der Waals surface area contributed by atoms with E-state index in [0.717, 1.165) is 0 Å². The Bertz CT molecular complexity index is 408. The third kappa shape index (κ3) is 2.19. The van der Waals surface area contributed by atoms with Gasteiger partial charge in [-0.2, -0.15) is 7.19 Å². The monoisotopic (exact) mass is 309 g/mol. The first-order chi connectivity index (χ1) is 5.04. The topological polar surface area (TPSA) is 76.9 Å². The number of aromatic amines is 1. The predicted octanol–water partition coefficient (Wildman–Crippen LogP) is -1.63. The van der Waals surface area contributed by atoms with Crippen LogP contribution in [0, 0.1) is 0 Å². The van der Waals surface area contributed by atoms with Crippen LogP contribution >= 0.6 is 32.3 Å². The molecular formula is C3H2Br2N3NaO3. The Kier molecular flexibility index (Phi) is 4.70. The fourth-order valence-electron chi connectivity index (χ4n) is 0.440. The zero-order valence-corrected chi connectivity index (χ0v) is 8.05. The number of nitrogens with one attached hydrogen (secondary N) is 1. The molecule has 0 spiro atoms. The number of aromatic nitrogens is 3. The molecule has 0 aromatic carbocycles. The van der Waals surface area contributed by atoms with E-state index < -0.39 is 17.1 Å². The first kappa shape index (κ1) is 12.4. The number of H-pyrrole nitrogens is 1. The van der Waals surface area contributed by atoms with E-state index in [1.165, 1.54) is 0 Å². The summed E-state index contributed by atoms with van der Waals surface area (Å²) >= 11 is 5.27. The number of halogens is 2. The molecule has 0 aliphatic rings. The molecule has 1 rings (SSSR count). The summed E-state index contributed by atoms with van der Waals surface area (Å²) < 4.78 is 1.17. The van der Waals surface area contributed by atoms with E-state index in [1.807, 2.05) is 4.98 Å². The molecule has 0 saturated heterocycles. The average molecular weight is 311 g/mol. The normalized spacial score (nSPS) is 9.17. The van der Waals surface area contributed by atoms with Gasteiger partial charge in [-0.3, -0.25) is 4.98 Å². The maximum atomic E-state index is 10.8. The molecule has 0 amide bonds. The summed E-state index contributed by atoms with van der Waals surface area (Å²) in [6.07, 6.45) is 0. The van der Waals surface area contributed by atoms with Crippen molar-refractivity contribution in [2.24, 2.45) is 0 Å². The summed E-state index contributed by atoms with van der Waals surface area (Å²) in [6, 6.07) is 0. The molecule has 1 N–H and O–H groups in total. The van der Waals surface area contributed by atoms with Gasteiger partial charge in [0.2, 0.25) is 0 Å². The fraction of sp³-hybridized carbons (Fsp3) is 0. The third-order valence-electron chi connectivity index (χ3n) is 0.906. The molecule has 1 aromatic rings. The second-order valence-electron chi connectivity index (χ2n) is 1.58. The summed E-state index contributed by atoms with van der Waals surface area (Å²) in [5.41, 5.74) is -2.41. The first-order valence-corrected chi connectivity index (χ1v) is 3.76. The van der Waals surface area contributed by atoms with E-state index in [1.54, 1.807) is 0 Å². The van der Waals surface area contributed by atoms with Crippen LogP contribution in [0.15, 0.2) is 14.4 Å². The summed E-state index contributed by atoms with van der Waals surface area (Å²) in [7, 11) is 0. The van der Waals surface area contributed by atoms with Crippen LogP contribution in [-0.4, -0.2) is 41.7 Å². The predicted molar refractivity (Wildman–Crippen MR) is 51.4 cm³/mol. The maximum absolute atomic E-state index is 10.8. The van der Waals surface area contributed by atoms with Crippen LogP contribution in [0.5, 0.6) is 0 Å². The molecule has 0 radical (unpaired) electrons. The molecule has 6 nitrogen and oxygen atoms in total. The number of hydrogen-bond acceptors (Lipinski definition) is 3. The van der Waals surface area contributed by atoms with E-state index in [2.05, 4.69) is 32.3 Å². The molecule has 0 aliphatic carbocycles. The quantitative estimate of drug-likeness (QED) is 0.584. The van der Waals surface area contributed by atoms with Crippen LogP contribution in [0.1, 0.15) is 0 Å². The Morgan fingerprint density at radius 3 is 1.67 bits per heavy atom. The number of hydrogen-bond donors (Lipinski definition) is 1. The average Bonchev–Trinajstić information content (AvgIpc) is 1.97. The fourth-order valence-corrected chi connectivity index (χ4v) is 1.15. The summed E-state index contributed by atoms with van der Waals surface area (Å²) in [5, 5.41) is 0. The Morgan fingerprint density at radius 1 is 1.00 bits per heavy atom. The molecule has 62 valence electrons. The third-order valence-corrected chi connectivity index (χ3v) is 2.16. The van der Waals surface area contributed by atoms with E-state index in [4.69, 9.17) is 0 Å². The minimum atomic E-state index is -0.810. The number of nitrogens with zero attached hydrogens (tertiary/aromatic N) is 2. The van der Waals surface area contributed by atoms with Gasteiger partial charge in [-0.25, -0.2) is 14.4 Å². The van der Waals surface area contributed by atoms with Crippen molar-refractivity contribution in [3.05, 3.63) is 31.5 Å². The first-order valence-electron chi connectivity index (χ1n) is 2.34. The minimum absolute atomic E-state index is 0. The standard InChI is InChI=1S/C3HBr2N3O3.Na.H/c4-7-1(9)6-2(10)8(5)3(7)11;;/h(H,6,9,10);;. The van der Waals surface area contributed by atoms with Gasteiger partial charge in [0.15, 0.2) is 0 Å². The molecular weight excluding hydrogens is 309 g/mol. The van der Waals surface area contributed by atoms with Gasteiger partial charge in [-0.05, 0) is 0 Å². The van der Waals surface area contributed by atoms with Gasteiger partial charge in [-0.15, -0.1) is 0 Å². The molecule has 1 aromatic heterocycles. The van der Waals surface area contributed by atoms with Crippen molar-refractivity contribution in [3.8, 4) is 0 Å². The van der Waals surface area contributed by atoms with Crippen LogP contribution < -0.4 is 17.1 Å². The second kappa shape index (κ2) is 4.56. The van der Waals surface area contributed by atoms with Crippen molar-refractivity contribution in [3.63, 3.8) is 0 Å². The second-order valence-corrected chi connectivity index (χ2v) is 3.00. The summed E-state index contributed by atoms with van der Waals surface area (Å²) in [5.74, 6) is 0. The van der Waals surface area contributed by atoms with Crippen LogP contribution in [0.3, 0.4) is 0 Å². The molecule has 0 unspecified atom stereocenters. The van der Waals surface area contributed by atoms with E-state index in [9.17, 15) is 14.4 Å². The van der Waals surface area contributed by atoms with Crippen LogP contribution in [-0.2, 0) is 0 Å². The van der Waals surface area contributed by atoms with Crippen molar-refractivity contribution in [2.75, 3.05) is 0 Å². The Morgan fingerprint density at radius 2 is 1.33 bits per heavy atom. The van der Waals surface area contributed by atoms with Gasteiger partial charge in [-0.1, -0.05) is 0 Å². The molecule has 0 aliphatic heterocycles. The van der Waals surface area contributed by atoms with Crippen molar-refractivity contribution in [1.82, 2.24) is 12.2 Å². The number of rotatable bonds is 0. The van der Waals surface area contributed by atoms with E-state index >= 15 is 0 Å². The van der Waals surface area contributed by atoms with Gasteiger partial charge < -0.3 is 0 Å². The Hall–Kier alpha value is 0.370. The molecule has 0 atom stereocenters. The van der Waals surface area contributed by atoms with Gasteiger partial charge in [0.05, 0.1) is 32.3 Å². The van der Waals surface area contributed by atoms with Gasteiger partial charge in [0.25, 0.3) is 0 Å². The van der Waals surface area contributed by atoms with Crippen molar-refractivity contribution >= 4 is 61.9 Å². The summed E-state index contributed by atoms with van der Waals surface area (Å²) in [4.78, 5) is 34.0. The zero-order valence-electron chi connectivity index (χ0n) is 4.88. The van der Waals surface area contributed by atoms with Gasteiger partial charge in [0.1, 0.15) is 0 Å². The van der Waals surface area contributed by atoms with Crippen molar-refractivity contribution < 1.29 is 0 Å². The van der Waals surface area contributed by atoms with Gasteiger partial charge in [0, 0.05) is 0 Å². The van der Waals surface area contributed by atoms with Crippen molar-refractivity contribution in [1.29, 1.82) is 0 Å². The Labute approximate surface area is 105 Å². The molecule has 9 heteroatoms. The SMILES string of the molecule is O=c1[nH]c(=O)n(Br)c(=O)n1Br.[NaH]. The summed E-state index contributed by atoms with van der Waals surface area (Å²) in [6.45, 7) is 0. The van der Waals surface area contributed by atoms with Crippen LogP contribution in [0.2, 0.25) is 0 Å². The molecule has 0 bridgehead atoms.